The summed E-state index contributed by atoms with van der Waals surface area (Å²) in [6.07, 6.45) is 2.64. The van der Waals surface area contributed by atoms with Crippen LogP contribution in [-0.2, 0) is 0 Å². The zero-order chi connectivity index (χ0) is 11.1. The Morgan fingerprint density at radius 3 is 2.93 bits per heavy atom. The van der Waals surface area contributed by atoms with Gasteiger partial charge in [0.1, 0.15) is 11.9 Å². The fourth-order valence-corrected chi connectivity index (χ4v) is 1.39. The molecule has 15 heavy (non-hydrogen) atoms. The van der Waals surface area contributed by atoms with Gasteiger partial charge < -0.3 is 19.9 Å². The van der Waals surface area contributed by atoms with Crippen molar-refractivity contribution < 1.29 is 14.6 Å². The van der Waals surface area contributed by atoms with Crippen LogP contribution in [0.4, 0.5) is 0 Å². The molecule has 0 aromatic carbocycles. The number of rotatable bonds is 7. The second-order valence-electron chi connectivity index (χ2n) is 3.71. The monoisotopic (exact) mass is 213 g/mol. The summed E-state index contributed by atoms with van der Waals surface area (Å²) >= 11 is 0. The van der Waals surface area contributed by atoms with Gasteiger partial charge >= 0.3 is 0 Å². The normalized spacial score (nSPS) is 15.1. The van der Waals surface area contributed by atoms with E-state index in [1.54, 1.807) is 18.4 Å². The van der Waals surface area contributed by atoms with Gasteiger partial charge in [-0.2, -0.15) is 0 Å². The van der Waals surface area contributed by atoms with Crippen LogP contribution in [0, 0.1) is 0 Å². The Morgan fingerprint density at radius 1 is 1.53 bits per heavy atom. The van der Waals surface area contributed by atoms with E-state index in [0.717, 1.165) is 12.8 Å². The van der Waals surface area contributed by atoms with Crippen molar-refractivity contribution in [2.45, 2.75) is 31.9 Å². The van der Waals surface area contributed by atoms with Gasteiger partial charge in [-0.1, -0.05) is 0 Å². The van der Waals surface area contributed by atoms with Crippen molar-refractivity contribution in [2.24, 2.45) is 0 Å². The third kappa shape index (κ3) is 4.46. The van der Waals surface area contributed by atoms with Crippen LogP contribution < -0.4 is 5.32 Å². The average molecular weight is 213 g/mol. The van der Waals surface area contributed by atoms with Crippen molar-refractivity contribution in [3.8, 4) is 0 Å². The summed E-state index contributed by atoms with van der Waals surface area (Å²) in [5.41, 5.74) is 0. The number of aliphatic hydroxyl groups is 2. The highest BCUT2D eigenvalue weighted by molar-refractivity contribution is 5.02. The molecule has 1 aromatic rings. The first-order valence-corrected chi connectivity index (χ1v) is 5.29. The first-order valence-electron chi connectivity index (χ1n) is 5.29. The molecule has 0 saturated carbocycles. The first-order chi connectivity index (χ1) is 7.24. The maximum Gasteiger partial charge on any atom is 0.133 e. The van der Waals surface area contributed by atoms with E-state index in [9.17, 15) is 5.11 Å². The van der Waals surface area contributed by atoms with Crippen molar-refractivity contribution in [1.29, 1.82) is 0 Å². The van der Waals surface area contributed by atoms with E-state index in [0.29, 0.717) is 18.3 Å². The van der Waals surface area contributed by atoms with Gasteiger partial charge in [-0.15, -0.1) is 0 Å². The maximum absolute atomic E-state index is 9.68. The summed E-state index contributed by atoms with van der Waals surface area (Å²) in [5.74, 6) is 0.580. The van der Waals surface area contributed by atoms with Crippen LogP contribution in [0.3, 0.4) is 0 Å². The van der Waals surface area contributed by atoms with Crippen LogP contribution in [0.15, 0.2) is 22.8 Å². The molecule has 0 saturated heterocycles. The Morgan fingerprint density at radius 2 is 2.33 bits per heavy atom. The molecule has 0 spiro atoms. The molecule has 1 aromatic heterocycles. The van der Waals surface area contributed by atoms with Gasteiger partial charge in [0.25, 0.3) is 0 Å². The van der Waals surface area contributed by atoms with E-state index in [2.05, 4.69) is 5.32 Å². The second-order valence-corrected chi connectivity index (χ2v) is 3.71. The molecule has 0 aliphatic carbocycles. The van der Waals surface area contributed by atoms with Gasteiger partial charge in [-0.25, -0.2) is 0 Å². The molecule has 0 aliphatic heterocycles. The summed E-state index contributed by atoms with van der Waals surface area (Å²) in [6.45, 7) is 2.72. The second kappa shape index (κ2) is 6.61. The molecule has 0 aliphatic rings. The Bertz CT molecular complexity index is 248. The van der Waals surface area contributed by atoms with E-state index in [1.165, 1.54) is 0 Å². The topological polar surface area (TPSA) is 65.6 Å². The Balaban J connectivity index is 2.19. The minimum atomic E-state index is -0.600. The minimum Gasteiger partial charge on any atom is -0.467 e. The van der Waals surface area contributed by atoms with Crippen molar-refractivity contribution in [3.63, 3.8) is 0 Å². The number of hydrogen-bond acceptors (Lipinski definition) is 4. The molecule has 3 N–H and O–H groups in total. The molecule has 0 bridgehead atoms. The van der Waals surface area contributed by atoms with Gasteiger partial charge in [0.15, 0.2) is 0 Å². The predicted molar refractivity (Wildman–Crippen MR) is 57.5 cm³/mol. The van der Waals surface area contributed by atoms with E-state index < -0.39 is 6.10 Å². The first kappa shape index (κ1) is 12.2. The summed E-state index contributed by atoms with van der Waals surface area (Å²) in [6, 6.07) is 3.81. The van der Waals surface area contributed by atoms with Gasteiger partial charge in [-0.3, -0.25) is 0 Å². The van der Waals surface area contributed by atoms with Gasteiger partial charge in [0.2, 0.25) is 0 Å². The molecule has 86 valence electrons. The molecule has 2 atom stereocenters. The molecule has 0 fully saturated rings. The lowest BCUT2D eigenvalue weighted by molar-refractivity contribution is 0.143. The summed E-state index contributed by atoms with van der Waals surface area (Å²) < 4.78 is 5.08. The Hall–Kier alpha value is -0.840. The molecule has 2 unspecified atom stereocenters. The third-order valence-corrected chi connectivity index (χ3v) is 2.33. The maximum atomic E-state index is 9.68. The lowest BCUT2D eigenvalue weighted by Crippen LogP contribution is -2.30. The minimum absolute atomic E-state index is 0.215. The lowest BCUT2D eigenvalue weighted by atomic mass is 10.2. The number of nitrogens with one attached hydrogen (secondary N) is 1. The zero-order valence-corrected chi connectivity index (χ0v) is 9.02. The van der Waals surface area contributed by atoms with Crippen LogP contribution in [0.5, 0.6) is 0 Å². The number of furan rings is 1. The van der Waals surface area contributed by atoms with Crippen molar-refractivity contribution in [1.82, 2.24) is 5.32 Å². The summed E-state index contributed by atoms with van der Waals surface area (Å²) in [5, 5.41) is 21.5. The Labute approximate surface area is 89.9 Å². The molecule has 0 radical (unpaired) electrons. The summed E-state index contributed by atoms with van der Waals surface area (Å²) in [7, 11) is 0. The Kier molecular flexibility index (Phi) is 5.39. The van der Waals surface area contributed by atoms with E-state index in [4.69, 9.17) is 9.52 Å². The van der Waals surface area contributed by atoms with Crippen molar-refractivity contribution >= 4 is 0 Å². The average Bonchev–Trinajstić information content (AvgIpc) is 2.76. The highest BCUT2D eigenvalue weighted by atomic mass is 16.4. The van der Waals surface area contributed by atoms with Crippen LogP contribution in [0.25, 0.3) is 0 Å². The molecule has 0 amide bonds. The largest absolute Gasteiger partial charge is 0.467 e. The van der Waals surface area contributed by atoms with Gasteiger partial charge in [0.05, 0.1) is 6.26 Å². The molecule has 4 nitrogen and oxygen atoms in total. The molecular formula is C11H19NO3. The SMILES string of the molecule is CC(CCCO)NCC(O)c1ccco1. The van der Waals surface area contributed by atoms with Crippen LogP contribution in [0.2, 0.25) is 0 Å². The highest BCUT2D eigenvalue weighted by Crippen LogP contribution is 2.12. The van der Waals surface area contributed by atoms with Crippen LogP contribution in [0.1, 0.15) is 31.6 Å². The standard InChI is InChI=1S/C11H19NO3/c1-9(4-2-6-13)12-8-10(14)11-5-3-7-15-11/h3,5,7,9-10,12-14H,2,4,6,8H2,1H3. The van der Waals surface area contributed by atoms with Gasteiger partial charge in [0, 0.05) is 19.2 Å². The molecule has 1 rings (SSSR count). The fourth-order valence-electron chi connectivity index (χ4n) is 1.39. The third-order valence-electron chi connectivity index (χ3n) is 2.33. The molecule has 1 heterocycles. The molecule has 4 heteroatoms. The zero-order valence-electron chi connectivity index (χ0n) is 9.02. The number of aliphatic hydroxyl groups excluding tert-OH is 2. The smallest absolute Gasteiger partial charge is 0.133 e. The van der Waals surface area contributed by atoms with Gasteiger partial charge in [-0.05, 0) is 31.9 Å². The van der Waals surface area contributed by atoms with Crippen molar-refractivity contribution in [3.05, 3.63) is 24.2 Å². The van der Waals surface area contributed by atoms with Crippen LogP contribution >= 0.6 is 0 Å². The number of hydrogen-bond donors (Lipinski definition) is 3. The lowest BCUT2D eigenvalue weighted by Gasteiger charge is -2.15. The quantitative estimate of drug-likeness (QED) is 0.633. The highest BCUT2D eigenvalue weighted by Gasteiger charge is 2.11. The van der Waals surface area contributed by atoms with Crippen LogP contribution in [-0.4, -0.2) is 29.4 Å². The predicted octanol–water partition coefficient (Wildman–Crippen LogP) is 1.06. The fraction of sp³-hybridized carbons (Fsp3) is 0.636. The van der Waals surface area contributed by atoms with E-state index in [1.807, 2.05) is 6.92 Å². The van der Waals surface area contributed by atoms with Crippen molar-refractivity contribution in [2.75, 3.05) is 13.2 Å². The van der Waals surface area contributed by atoms with E-state index >= 15 is 0 Å². The summed E-state index contributed by atoms with van der Waals surface area (Å²) in [4.78, 5) is 0. The molecular weight excluding hydrogens is 194 g/mol. The van der Waals surface area contributed by atoms with E-state index in [-0.39, 0.29) is 6.61 Å².